The van der Waals surface area contributed by atoms with Crippen LogP contribution in [0.15, 0.2) is 55.0 Å². The lowest BCUT2D eigenvalue weighted by molar-refractivity contribution is -0.120. The number of pyridine rings is 2. The highest BCUT2D eigenvalue weighted by Crippen LogP contribution is 2.30. The largest absolute Gasteiger partial charge is 0.368 e. The zero-order valence-corrected chi connectivity index (χ0v) is 16.1. The van der Waals surface area contributed by atoms with Gasteiger partial charge in [0.05, 0.1) is 17.6 Å². The first kappa shape index (κ1) is 18.8. The summed E-state index contributed by atoms with van der Waals surface area (Å²) in [5.41, 5.74) is 8.74. The van der Waals surface area contributed by atoms with E-state index in [0.29, 0.717) is 38.7 Å². The minimum Gasteiger partial charge on any atom is -0.368 e. The molecule has 3 heterocycles. The zero-order valence-electron chi connectivity index (χ0n) is 15.3. The van der Waals surface area contributed by atoms with Crippen molar-refractivity contribution in [2.75, 3.05) is 5.32 Å². The molecule has 146 valence electrons. The van der Waals surface area contributed by atoms with Gasteiger partial charge in [0.25, 0.3) is 0 Å². The first-order valence-electron chi connectivity index (χ1n) is 8.74. The van der Waals surface area contributed by atoms with E-state index in [-0.39, 0.29) is 0 Å². The molecule has 0 bridgehead atoms. The number of nitrogens with one attached hydrogen (secondary N) is 1. The average Bonchev–Trinajstić information content (AvgIpc) is 3.14. The molecule has 29 heavy (non-hydrogen) atoms. The Balaban J connectivity index is 1.75. The van der Waals surface area contributed by atoms with E-state index in [9.17, 15) is 9.18 Å². The van der Waals surface area contributed by atoms with Gasteiger partial charge in [-0.3, -0.25) is 14.8 Å². The Hall–Kier alpha value is -3.52. The van der Waals surface area contributed by atoms with Crippen molar-refractivity contribution in [1.29, 1.82) is 0 Å². The van der Waals surface area contributed by atoms with Crippen LogP contribution in [0, 0.1) is 5.82 Å². The van der Waals surface area contributed by atoms with Gasteiger partial charge in [-0.15, -0.1) is 0 Å². The summed E-state index contributed by atoms with van der Waals surface area (Å²) >= 11 is 6.00. The molecule has 1 unspecified atom stereocenters. The predicted molar refractivity (Wildman–Crippen MR) is 109 cm³/mol. The van der Waals surface area contributed by atoms with E-state index in [1.54, 1.807) is 43.7 Å². The molecule has 0 fully saturated rings. The molecule has 3 aromatic heterocycles. The van der Waals surface area contributed by atoms with Crippen molar-refractivity contribution in [3.05, 3.63) is 65.8 Å². The summed E-state index contributed by atoms with van der Waals surface area (Å²) < 4.78 is 15.7. The number of primary amides is 1. The zero-order chi connectivity index (χ0) is 20.5. The Morgan fingerprint density at radius 1 is 1.21 bits per heavy atom. The van der Waals surface area contributed by atoms with E-state index in [1.165, 1.54) is 22.9 Å². The van der Waals surface area contributed by atoms with Crippen LogP contribution in [0.25, 0.3) is 22.3 Å². The summed E-state index contributed by atoms with van der Waals surface area (Å²) in [4.78, 5) is 20.2. The molecule has 4 rings (SSSR count). The van der Waals surface area contributed by atoms with Crippen LogP contribution in [0.5, 0.6) is 0 Å². The van der Waals surface area contributed by atoms with E-state index >= 15 is 0 Å². The van der Waals surface area contributed by atoms with Crippen LogP contribution in [-0.2, 0) is 4.79 Å². The molecule has 0 spiro atoms. The van der Waals surface area contributed by atoms with Gasteiger partial charge in [-0.25, -0.2) is 9.07 Å². The SMILES string of the molecule is CC(C(N)=O)n1ncc2nccc(Nc3ccnc(-c4cc(Cl)ccc4F)c3)c21. The highest BCUT2D eigenvalue weighted by atomic mass is 35.5. The van der Waals surface area contributed by atoms with Gasteiger partial charge >= 0.3 is 0 Å². The Kier molecular flexibility index (Phi) is 4.85. The van der Waals surface area contributed by atoms with Crippen molar-refractivity contribution in [2.24, 2.45) is 5.73 Å². The van der Waals surface area contributed by atoms with Crippen molar-refractivity contribution in [1.82, 2.24) is 19.7 Å². The predicted octanol–water partition coefficient (Wildman–Crippen LogP) is 4.08. The van der Waals surface area contributed by atoms with Gasteiger partial charge in [0.2, 0.25) is 5.91 Å². The second kappa shape index (κ2) is 7.48. The maximum absolute atomic E-state index is 14.2. The average molecular weight is 411 g/mol. The number of carbonyl (C=O) groups is 1. The van der Waals surface area contributed by atoms with Crippen LogP contribution >= 0.6 is 11.6 Å². The molecule has 1 amide bonds. The van der Waals surface area contributed by atoms with Crippen LogP contribution in [0.1, 0.15) is 13.0 Å². The molecule has 0 saturated carbocycles. The maximum Gasteiger partial charge on any atom is 0.242 e. The molecule has 1 aromatic carbocycles. The van der Waals surface area contributed by atoms with Gasteiger partial charge in [-0.1, -0.05) is 11.6 Å². The lowest BCUT2D eigenvalue weighted by Crippen LogP contribution is -2.24. The fourth-order valence-electron chi connectivity index (χ4n) is 3.00. The Morgan fingerprint density at radius 2 is 2.00 bits per heavy atom. The summed E-state index contributed by atoms with van der Waals surface area (Å²) in [6.45, 7) is 1.66. The fraction of sp³-hybridized carbons (Fsp3) is 0.100. The van der Waals surface area contributed by atoms with Gasteiger partial charge < -0.3 is 11.1 Å². The third kappa shape index (κ3) is 3.62. The Labute approximate surface area is 170 Å². The van der Waals surface area contributed by atoms with Crippen molar-refractivity contribution >= 4 is 39.9 Å². The summed E-state index contributed by atoms with van der Waals surface area (Å²) in [6, 6.07) is 8.87. The summed E-state index contributed by atoms with van der Waals surface area (Å²) in [6.07, 6.45) is 4.77. The van der Waals surface area contributed by atoms with Gasteiger partial charge in [0.15, 0.2) is 0 Å². The van der Waals surface area contributed by atoms with E-state index in [4.69, 9.17) is 17.3 Å². The third-order valence-corrected chi connectivity index (χ3v) is 4.74. The van der Waals surface area contributed by atoms with E-state index < -0.39 is 17.8 Å². The topological polar surface area (TPSA) is 98.7 Å². The standard InChI is InChI=1S/C20H16ClFN6O/c1-11(20(23)29)28-19-16(5-7-25-18(19)10-26-28)27-13-4-6-24-17(9-13)14-8-12(21)2-3-15(14)22/h2-11H,1H3,(H2,23,29)(H,24,25,27). The number of aromatic nitrogens is 4. The number of nitrogens with zero attached hydrogens (tertiary/aromatic N) is 4. The van der Waals surface area contributed by atoms with Crippen molar-refractivity contribution in [3.63, 3.8) is 0 Å². The number of hydrogen-bond acceptors (Lipinski definition) is 5. The molecule has 0 aliphatic rings. The van der Waals surface area contributed by atoms with E-state index in [0.717, 1.165) is 0 Å². The molecule has 0 saturated heterocycles. The molecule has 0 aliphatic heterocycles. The second-order valence-electron chi connectivity index (χ2n) is 6.44. The molecule has 0 radical (unpaired) electrons. The molecule has 7 nitrogen and oxygen atoms in total. The van der Waals surface area contributed by atoms with Crippen LogP contribution in [0.2, 0.25) is 5.02 Å². The van der Waals surface area contributed by atoms with Crippen LogP contribution in [0.3, 0.4) is 0 Å². The normalized spacial score (nSPS) is 12.1. The maximum atomic E-state index is 14.2. The number of carbonyl (C=O) groups excluding carboxylic acids is 1. The number of fused-ring (bicyclic) bond motifs is 1. The molecule has 1 atom stereocenters. The van der Waals surface area contributed by atoms with Gasteiger partial charge in [-0.05, 0) is 43.3 Å². The lowest BCUT2D eigenvalue weighted by atomic mass is 10.1. The van der Waals surface area contributed by atoms with Crippen molar-refractivity contribution in [2.45, 2.75) is 13.0 Å². The summed E-state index contributed by atoms with van der Waals surface area (Å²) in [5, 5.41) is 7.92. The number of halogens is 2. The lowest BCUT2D eigenvalue weighted by Gasteiger charge is -2.14. The number of nitrogens with two attached hydrogens (primary N) is 1. The van der Waals surface area contributed by atoms with Crippen LogP contribution < -0.4 is 11.1 Å². The molecule has 0 aliphatic carbocycles. The number of rotatable bonds is 5. The Morgan fingerprint density at radius 3 is 2.79 bits per heavy atom. The van der Waals surface area contributed by atoms with Gasteiger partial charge in [0.1, 0.15) is 22.9 Å². The van der Waals surface area contributed by atoms with Gasteiger partial charge in [-0.2, -0.15) is 5.10 Å². The number of benzene rings is 1. The quantitative estimate of drug-likeness (QED) is 0.516. The fourth-order valence-corrected chi connectivity index (χ4v) is 3.17. The van der Waals surface area contributed by atoms with E-state index in [1.807, 2.05) is 0 Å². The highest BCUT2D eigenvalue weighted by Gasteiger charge is 2.18. The second-order valence-corrected chi connectivity index (χ2v) is 6.88. The van der Waals surface area contributed by atoms with Crippen molar-refractivity contribution < 1.29 is 9.18 Å². The third-order valence-electron chi connectivity index (χ3n) is 4.51. The molecular weight excluding hydrogens is 395 g/mol. The van der Waals surface area contributed by atoms with Gasteiger partial charge in [0, 0.05) is 28.7 Å². The number of hydrogen-bond donors (Lipinski definition) is 2. The summed E-state index contributed by atoms with van der Waals surface area (Å²) in [5.74, 6) is -0.925. The first-order chi connectivity index (χ1) is 13.9. The monoisotopic (exact) mass is 410 g/mol. The van der Waals surface area contributed by atoms with E-state index in [2.05, 4.69) is 20.4 Å². The first-order valence-corrected chi connectivity index (χ1v) is 9.12. The smallest absolute Gasteiger partial charge is 0.242 e. The molecule has 9 heteroatoms. The minimum absolute atomic E-state index is 0.299. The Bertz CT molecular complexity index is 1220. The molecule has 3 N–H and O–H groups in total. The number of anilines is 2. The number of amides is 1. The van der Waals surface area contributed by atoms with Crippen molar-refractivity contribution in [3.8, 4) is 11.3 Å². The van der Waals surface area contributed by atoms with Crippen LogP contribution in [-0.4, -0.2) is 25.7 Å². The highest BCUT2D eigenvalue weighted by molar-refractivity contribution is 6.30. The minimum atomic E-state index is -0.647. The summed E-state index contributed by atoms with van der Waals surface area (Å²) in [7, 11) is 0. The van der Waals surface area contributed by atoms with Crippen LogP contribution in [0.4, 0.5) is 15.8 Å². The molecule has 4 aromatic rings. The molecular formula is C20H16ClFN6O.